The average Bonchev–Trinajstić information content (AvgIpc) is 3.62. The van der Waals surface area contributed by atoms with Gasteiger partial charge in [0.05, 0.1) is 18.2 Å². The molecule has 45 heavy (non-hydrogen) atoms. The molecule has 0 unspecified atom stereocenters. The van der Waals surface area contributed by atoms with Gasteiger partial charge in [0, 0.05) is 21.4 Å². The molecule has 1 N–H and O–H groups in total. The van der Waals surface area contributed by atoms with Gasteiger partial charge in [-0.15, -0.1) is 10.2 Å². The van der Waals surface area contributed by atoms with Gasteiger partial charge in [-0.3, -0.25) is 14.5 Å². The molecule has 0 saturated carbocycles. The van der Waals surface area contributed by atoms with Crippen LogP contribution < -0.4 is 19.1 Å². The van der Waals surface area contributed by atoms with E-state index in [9.17, 15) is 14.7 Å². The fraction of sp³-hybridized carbons (Fsp3) is 0.250. The maximum atomic E-state index is 13.7. The molecule has 6 rings (SSSR count). The summed E-state index contributed by atoms with van der Waals surface area (Å²) in [7, 11) is 0. The van der Waals surface area contributed by atoms with E-state index < -0.39 is 17.7 Å². The summed E-state index contributed by atoms with van der Waals surface area (Å²) in [5.41, 5.74) is 1.66. The first kappa shape index (κ1) is 31.2. The van der Waals surface area contributed by atoms with Gasteiger partial charge in [-0.2, -0.15) is 0 Å². The van der Waals surface area contributed by atoms with Gasteiger partial charge >= 0.3 is 5.91 Å². The van der Waals surface area contributed by atoms with Crippen molar-refractivity contribution in [2.75, 3.05) is 24.7 Å². The molecule has 0 radical (unpaired) electrons. The van der Waals surface area contributed by atoms with Crippen LogP contribution >= 0.6 is 46.3 Å². The predicted octanol–water partition coefficient (Wildman–Crippen LogP) is 7.71. The molecule has 0 bridgehead atoms. The van der Waals surface area contributed by atoms with Crippen LogP contribution in [0.1, 0.15) is 42.5 Å². The number of anilines is 1. The summed E-state index contributed by atoms with van der Waals surface area (Å²) in [6.45, 7) is 3.36. The minimum atomic E-state index is -0.996. The number of rotatable bonds is 10. The van der Waals surface area contributed by atoms with Crippen LogP contribution in [0, 0.1) is 0 Å². The number of carbonyl (C=O) groups is 2. The number of hydrogen-bond donors (Lipinski definition) is 1. The minimum Gasteiger partial charge on any atom is -0.507 e. The Bertz CT molecular complexity index is 1800. The number of amides is 1. The third kappa shape index (κ3) is 6.62. The number of aliphatic hydroxyl groups excluding tert-OH is 1. The zero-order valence-corrected chi connectivity index (χ0v) is 27.1. The number of aromatic nitrogens is 2. The van der Waals surface area contributed by atoms with Crippen molar-refractivity contribution in [3.63, 3.8) is 0 Å². The summed E-state index contributed by atoms with van der Waals surface area (Å²) in [4.78, 5) is 28.7. The van der Waals surface area contributed by atoms with Crippen molar-refractivity contribution < 1.29 is 28.9 Å². The number of aliphatic hydroxyl groups is 1. The number of Topliss-reactive ketones (excluding diaryl/α,β-unsaturated/α-hetero) is 1. The topological polar surface area (TPSA) is 111 Å². The summed E-state index contributed by atoms with van der Waals surface area (Å²) < 4.78 is 17.8. The molecule has 1 saturated heterocycles. The van der Waals surface area contributed by atoms with E-state index in [0.717, 1.165) is 29.7 Å². The fourth-order valence-corrected chi connectivity index (χ4v) is 7.36. The highest BCUT2D eigenvalue weighted by atomic mass is 35.5. The zero-order valence-electron chi connectivity index (χ0n) is 24.0. The van der Waals surface area contributed by atoms with Crippen LogP contribution in [0.4, 0.5) is 5.13 Å². The number of halogens is 2. The zero-order chi connectivity index (χ0) is 31.5. The molecule has 2 aliphatic heterocycles. The van der Waals surface area contributed by atoms with Gasteiger partial charge in [-0.1, -0.05) is 77.8 Å². The molecule has 3 aromatic carbocycles. The second-order valence-corrected chi connectivity index (χ2v) is 13.2. The lowest BCUT2D eigenvalue weighted by Crippen LogP contribution is -2.29. The maximum Gasteiger partial charge on any atom is 0.301 e. The molecule has 1 aromatic heterocycles. The number of ether oxygens (including phenoxy) is 3. The Hall–Kier alpha value is -3.77. The number of thioether (sulfide) groups is 1. The van der Waals surface area contributed by atoms with Crippen LogP contribution in [0.15, 0.2) is 70.6 Å². The molecule has 9 nitrogen and oxygen atoms in total. The van der Waals surface area contributed by atoms with Gasteiger partial charge in [-0.05, 0) is 60.0 Å². The lowest BCUT2D eigenvalue weighted by atomic mass is 9.95. The molecular formula is C32H27Cl2N3O6S2. The number of unbranched alkanes of at least 4 members (excludes halogenated alkanes) is 1. The number of nitrogens with zero attached hydrogens (tertiary/aromatic N) is 3. The number of carbonyl (C=O) groups excluding carboxylic acids is 2. The first-order valence-electron chi connectivity index (χ1n) is 14.2. The van der Waals surface area contributed by atoms with Crippen LogP contribution in [0.5, 0.6) is 17.2 Å². The van der Waals surface area contributed by atoms with Crippen LogP contribution in [-0.2, 0) is 15.3 Å². The molecule has 232 valence electrons. The number of fused-ring (bicyclic) bond motifs is 1. The minimum absolute atomic E-state index is 0.0836. The van der Waals surface area contributed by atoms with E-state index in [-0.39, 0.29) is 16.5 Å². The van der Waals surface area contributed by atoms with E-state index in [2.05, 4.69) is 17.1 Å². The summed E-state index contributed by atoms with van der Waals surface area (Å²) in [6, 6.07) is 16.3. The molecule has 4 aromatic rings. The highest BCUT2D eigenvalue weighted by Crippen LogP contribution is 2.45. The van der Waals surface area contributed by atoms with Crippen molar-refractivity contribution >= 4 is 68.9 Å². The number of hydrogen-bond acceptors (Lipinski definition) is 10. The SMILES string of the molecule is CCCCOc1cccc([C@@H]2/C(=C(\O)c3ccc4c(c3)OCCO4)C(=O)C(=O)N2c2nnc(SCc3ccc(Cl)cc3Cl)s2)c1. The third-order valence-corrected chi connectivity index (χ3v) is 9.86. The smallest absolute Gasteiger partial charge is 0.301 e. The van der Waals surface area contributed by atoms with E-state index in [4.69, 9.17) is 37.4 Å². The van der Waals surface area contributed by atoms with Crippen molar-refractivity contribution in [1.29, 1.82) is 0 Å². The van der Waals surface area contributed by atoms with E-state index in [0.29, 0.717) is 68.3 Å². The van der Waals surface area contributed by atoms with Gasteiger partial charge in [0.1, 0.15) is 24.7 Å². The van der Waals surface area contributed by atoms with Crippen LogP contribution in [0.25, 0.3) is 5.76 Å². The summed E-state index contributed by atoms with van der Waals surface area (Å²) in [5, 5.41) is 21.5. The Morgan fingerprint density at radius 3 is 2.69 bits per heavy atom. The Labute approximate surface area is 277 Å². The van der Waals surface area contributed by atoms with E-state index in [1.54, 1.807) is 48.5 Å². The summed E-state index contributed by atoms with van der Waals surface area (Å²) in [5.74, 6) is 0.0333. The Morgan fingerprint density at radius 2 is 1.89 bits per heavy atom. The van der Waals surface area contributed by atoms with Crippen molar-refractivity contribution in [1.82, 2.24) is 10.2 Å². The van der Waals surface area contributed by atoms with Gasteiger partial charge in [-0.25, -0.2) is 0 Å². The second kappa shape index (κ2) is 13.7. The lowest BCUT2D eigenvalue weighted by Gasteiger charge is -2.23. The fourth-order valence-electron chi connectivity index (χ4n) is 4.94. The lowest BCUT2D eigenvalue weighted by molar-refractivity contribution is -0.132. The maximum absolute atomic E-state index is 13.7. The van der Waals surface area contributed by atoms with Crippen molar-refractivity contribution in [2.24, 2.45) is 0 Å². The average molecular weight is 685 g/mol. The monoisotopic (exact) mass is 683 g/mol. The third-order valence-electron chi connectivity index (χ3n) is 7.17. The van der Waals surface area contributed by atoms with Crippen molar-refractivity contribution in [3.05, 3.63) is 93.0 Å². The van der Waals surface area contributed by atoms with Crippen molar-refractivity contribution in [2.45, 2.75) is 35.9 Å². The predicted molar refractivity (Wildman–Crippen MR) is 175 cm³/mol. The van der Waals surface area contributed by atoms with Crippen molar-refractivity contribution in [3.8, 4) is 17.2 Å². The van der Waals surface area contributed by atoms with Crippen LogP contribution in [-0.4, -0.2) is 46.8 Å². The standard InChI is InChI=1S/C32H27Cl2N3O6S2/c1-2-3-11-41-22-6-4-5-18(14-22)27-26(28(38)19-8-10-24-25(15-19)43-13-12-42-24)29(39)30(40)37(27)31-35-36-32(45-31)44-17-20-7-9-21(33)16-23(20)34/h4-10,14-16,27,38H,2-3,11-13,17H2,1H3/b28-26+/t27-/m1/s1. The first-order valence-corrected chi connectivity index (χ1v) is 16.7. The Morgan fingerprint density at radius 1 is 1.07 bits per heavy atom. The van der Waals surface area contributed by atoms with Gasteiger partial charge in [0.15, 0.2) is 15.8 Å². The Kier molecular flexibility index (Phi) is 9.50. The molecule has 0 aliphatic carbocycles. The van der Waals surface area contributed by atoms with E-state index in [1.165, 1.54) is 16.7 Å². The first-order chi connectivity index (χ1) is 21.8. The highest BCUT2D eigenvalue weighted by Gasteiger charge is 2.48. The van der Waals surface area contributed by atoms with Gasteiger partial charge < -0.3 is 19.3 Å². The normalized spacial score (nSPS) is 17.1. The van der Waals surface area contributed by atoms with E-state index in [1.807, 2.05) is 12.1 Å². The van der Waals surface area contributed by atoms with Gasteiger partial charge in [0.2, 0.25) is 5.13 Å². The largest absolute Gasteiger partial charge is 0.507 e. The molecular weight excluding hydrogens is 657 g/mol. The molecule has 13 heteroatoms. The molecule has 1 fully saturated rings. The highest BCUT2D eigenvalue weighted by molar-refractivity contribution is 8.00. The summed E-state index contributed by atoms with van der Waals surface area (Å²) in [6.07, 6.45) is 1.84. The summed E-state index contributed by atoms with van der Waals surface area (Å²) >= 11 is 14.9. The molecule has 1 atom stereocenters. The quantitative estimate of drug-likeness (QED) is 0.0448. The van der Waals surface area contributed by atoms with Crippen LogP contribution in [0.2, 0.25) is 10.0 Å². The second-order valence-electron chi connectivity index (χ2n) is 10.2. The number of ketones is 1. The van der Waals surface area contributed by atoms with Gasteiger partial charge in [0.25, 0.3) is 5.78 Å². The number of benzene rings is 3. The molecule has 2 aliphatic rings. The molecule has 0 spiro atoms. The van der Waals surface area contributed by atoms with Crippen LogP contribution in [0.3, 0.4) is 0 Å². The van der Waals surface area contributed by atoms with E-state index >= 15 is 0 Å². The molecule has 1 amide bonds. The molecule has 3 heterocycles. The Balaban J connectivity index is 1.38.